The van der Waals surface area contributed by atoms with Crippen molar-refractivity contribution >= 4 is 0 Å². The maximum Gasteiger partial charge on any atom is 0.267 e. The molecule has 5 heteroatoms. The fourth-order valence-corrected chi connectivity index (χ4v) is 3.02. The normalized spacial score (nSPS) is 18.3. The molecule has 1 fully saturated rings. The quantitative estimate of drug-likeness (QED) is 0.908. The molecule has 1 unspecified atom stereocenters. The summed E-state index contributed by atoms with van der Waals surface area (Å²) in [6, 6.07) is 8.60. The van der Waals surface area contributed by atoms with Gasteiger partial charge in [0.1, 0.15) is 5.75 Å². The van der Waals surface area contributed by atoms with Crippen LogP contribution >= 0.6 is 0 Å². The van der Waals surface area contributed by atoms with Crippen LogP contribution < -0.4 is 10.9 Å². The first-order valence-electron chi connectivity index (χ1n) is 7.73. The maximum absolute atomic E-state index is 12.3. The number of phenols is 1. The van der Waals surface area contributed by atoms with Crippen LogP contribution in [0.2, 0.25) is 0 Å². The van der Waals surface area contributed by atoms with Crippen molar-refractivity contribution in [3.05, 3.63) is 46.4 Å². The van der Waals surface area contributed by atoms with Crippen molar-refractivity contribution in [3.63, 3.8) is 0 Å². The lowest BCUT2D eigenvalue weighted by Crippen LogP contribution is -2.35. The van der Waals surface area contributed by atoms with Gasteiger partial charge < -0.3 is 10.4 Å². The fourth-order valence-electron chi connectivity index (χ4n) is 3.02. The molecule has 1 aliphatic rings. The summed E-state index contributed by atoms with van der Waals surface area (Å²) in [6.07, 6.45) is 2.27. The minimum atomic E-state index is -0.116. The highest BCUT2D eigenvalue weighted by Gasteiger charge is 2.16. The van der Waals surface area contributed by atoms with E-state index >= 15 is 0 Å². The molecule has 1 aromatic carbocycles. The zero-order valence-corrected chi connectivity index (χ0v) is 12.7. The molecular weight excluding hydrogens is 278 g/mol. The van der Waals surface area contributed by atoms with Crippen molar-refractivity contribution in [1.82, 2.24) is 15.1 Å². The highest BCUT2D eigenvalue weighted by molar-refractivity contribution is 5.71. The van der Waals surface area contributed by atoms with E-state index in [0.29, 0.717) is 23.6 Å². The van der Waals surface area contributed by atoms with Crippen LogP contribution in [-0.4, -0.2) is 28.0 Å². The van der Waals surface area contributed by atoms with Gasteiger partial charge in [0.05, 0.1) is 5.69 Å². The van der Waals surface area contributed by atoms with Crippen molar-refractivity contribution in [2.45, 2.75) is 26.3 Å². The number of aryl methyl sites for hydroxylation is 1. The largest absolute Gasteiger partial charge is 0.507 e. The molecule has 0 spiro atoms. The first kappa shape index (κ1) is 14.8. The van der Waals surface area contributed by atoms with Crippen molar-refractivity contribution < 1.29 is 5.11 Å². The molecule has 0 radical (unpaired) electrons. The molecule has 5 nitrogen and oxygen atoms in total. The van der Waals surface area contributed by atoms with E-state index in [2.05, 4.69) is 10.4 Å². The van der Waals surface area contributed by atoms with E-state index in [0.717, 1.165) is 31.6 Å². The molecule has 116 valence electrons. The van der Waals surface area contributed by atoms with E-state index in [4.69, 9.17) is 0 Å². The number of piperidine rings is 1. The Labute approximate surface area is 129 Å². The number of hydrogen-bond donors (Lipinski definition) is 2. The molecule has 2 heterocycles. The van der Waals surface area contributed by atoms with Gasteiger partial charge in [-0.1, -0.05) is 18.2 Å². The van der Waals surface area contributed by atoms with Crippen LogP contribution in [0, 0.1) is 12.8 Å². The molecule has 0 saturated carbocycles. The second kappa shape index (κ2) is 6.32. The maximum atomic E-state index is 12.3. The van der Waals surface area contributed by atoms with E-state index < -0.39 is 0 Å². The van der Waals surface area contributed by atoms with Gasteiger partial charge in [-0.05, 0) is 44.8 Å². The van der Waals surface area contributed by atoms with Gasteiger partial charge >= 0.3 is 0 Å². The zero-order valence-electron chi connectivity index (χ0n) is 12.7. The van der Waals surface area contributed by atoms with E-state index in [1.165, 1.54) is 0 Å². The van der Waals surface area contributed by atoms with Crippen LogP contribution in [-0.2, 0) is 6.54 Å². The van der Waals surface area contributed by atoms with Gasteiger partial charge in [0.25, 0.3) is 5.56 Å². The Kier molecular flexibility index (Phi) is 4.24. The van der Waals surface area contributed by atoms with Crippen molar-refractivity contribution in [2.24, 2.45) is 5.92 Å². The van der Waals surface area contributed by atoms with E-state index in [9.17, 15) is 9.90 Å². The number of phenolic OH excluding ortho intramolecular Hbond substituents is 1. The van der Waals surface area contributed by atoms with Gasteiger partial charge in [-0.2, -0.15) is 5.10 Å². The predicted molar refractivity (Wildman–Crippen MR) is 85.9 cm³/mol. The summed E-state index contributed by atoms with van der Waals surface area (Å²) in [6.45, 7) is 4.52. The Morgan fingerprint density at radius 2 is 2.18 bits per heavy atom. The Morgan fingerprint density at radius 1 is 1.36 bits per heavy atom. The number of para-hydroxylation sites is 1. The van der Waals surface area contributed by atoms with Crippen LogP contribution in [0.25, 0.3) is 11.1 Å². The van der Waals surface area contributed by atoms with Crippen molar-refractivity contribution in [1.29, 1.82) is 0 Å². The van der Waals surface area contributed by atoms with Gasteiger partial charge in [0.2, 0.25) is 0 Å². The van der Waals surface area contributed by atoms with Crippen LogP contribution in [0.5, 0.6) is 5.75 Å². The molecule has 2 aromatic rings. The SMILES string of the molecule is Cc1nn(CC2CCCNC2)c(=O)cc1-c1ccccc1O. The summed E-state index contributed by atoms with van der Waals surface area (Å²) >= 11 is 0. The minimum Gasteiger partial charge on any atom is -0.507 e. The van der Waals surface area contributed by atoms with E-state index in [1.54, 1.807) is 28.9 Å². The molecule has 1 aromatic heterocycles. The van der Waals surface area contributed by atoms with Crippen LogP contribution in [0.15, 0.2) is 35.1 Å². The summed E-state index contributed by atoms with van der Waals surface area (Å²) < 4.78 is 1.55. The third-order valence-corrected chi connectivity index (χ3v) is 4.21. The summed E-state index contributed by atoms with van der Waals surface area (Å²) in [4.78, 5) is 12.3. The summed E-state index contributed by atoms with van der Waals surface area (Å²) in [5, 5.41) is 17.8. The number of hydrogen-bond acceptors (Lipinski definition) is 4. The number of nitrogens with zero attached hydrogens (tertiary/aromatic N) is 2. The van der Waals surface area contributed by atoms with Gasteiger partial charge in [-0.25, -0.2) is 4.68 Å². The highest BCUT2D eigenvalue weighted by Crippen LogP contribution is 2.29. The average molecular weight is 299 g/mol. The average Bonchev–Trinajstić information content (AvgIpc) is 2.52. The van der Waals surface area contributed by atoms with Crippen molar-refractivity contribution in [3.8, 4) is 16.9 Å². The number of rotatable bonds is 3. The first-order valence-corrected chi connectivity index (χ1v) is 7.73. The topological polar surface area (TPSA) is 67.2 Å². The van der Waals surface area contributed by atoms with Gasteiger partial charge in [-0.15, -0.1) is 0 Å². The predicted octanol–water partition coefficient (Wildman–Crippen LogP) is 1.92. The molecule has 0 bridgehead atoms. The Hall–Kier alpha value is -2.14. The summed E-state index contributed by atoms with van der Waals surface area (Å²) in [5.74, 6) is 0.621. The van der Waals surface area contributed by atoms with E-state index in [1.807, 2.05) is 13.0 Å². The van der Waals surface area contributed by atoms with Crippen LogP contribution in [0.4, 0.5) is 0 Å². The number of aromatic nitrogens is 2. The Balaban J connectivity index is 1.91. The van der Waals surface area contributed by atoms with Gasteiger partial charge in [0.15, 0.2) is 0 Å². The standard InChI is InChI=1S/C17H21N3O2/c1-12-15(14-6-2-3-7-16(14)21)9-17(22)20(19-12)11-13-5-4-8-18-10-13/h2-3,6-7,9,13,18,21H,4-5,8,10-11H2,1H3. The fraction of sp³-hybridized carbons (Fsp3) is 0.412. The molecule has 22 heavy (non-hydrogen) atoms. The highest BCUT2D eigenvalue weighted by atomic mass is 16.3. The lowest BCUT2D eigenvalue weighted by molar-refractivity contribution is 0.318. The van der Waals surface area contributed by atoms with Crippen LogP contribution in [0.3, 0.4) is 0 Å². The Bertz CT molecular complexity index is 718. The van der Waals surface area contributed by atoms with Crippen molar-refractivity contribution in [2.75, 3.05) is 13.1 Å². The summed E-state index contributed by atoms with van der Waals surface area (Å²) in [5.41, 5.74) is 1.98. The molecule has 3 rings (SSSR count). The Morgan fingerprint density at radius 3 is 2.91 bits per heavy atom. The third kappa shape index (κ3) is 3.04. The van der Waals surface area contributed by atoms with Crippen LogP contribution in [0.1, 0.15) is 18.5 Å². The second-order valence-electron chi connectivity index (χ2n) is 5.89. The smallest absolute Gasteiger partial charge is 0.267 e. The second-order valence-corrected chi connectivity index (χ2v) is 5.89. The molecule has 0 aliphatic carbocycles. The molecular formula is C17H21N3O2. The monoisotopic (exact) mass is 299 g/mol. The molecule has 1 saturated heterocycles. The molecule has 1 atom stereocenters. The van der Waals surface area contributed by atoms with Gasteiger partial charge in [-0.3, -0.25) is 4.79 Å². The lowest BCUT2D eigenvalue weighted by atomic mass is 10.00. The first-order chi connectivity index (χ1) is 10.6. The van der Waals surface area contributed by atoms with Gasteiger partial charge in [0, 0.05) is 23.7 Å². The number of benzene rings is 1. The summed E-state index contributed by atoms with van der Waals surface area (Å²) in [7, 11) is 0. The molecule has 2 N–H and O–H groups in total. The lowest BCUT2D eigenvalue weighted by Gasteiger charge is -2.23. The number of aromatic hydroxyl groups is 1. The number of nitrogens with one attached hydrogen (secondary N) is 1. The minimum absolute atomic E-state index is 0.116. The molecule has 0 amide bonds. The zero-order chi connectivity index (χ0) is 15.5. The van der Waals surface area contributed by atoms with E-state index in [-0.39, 0.29) is 11.3 Å². The third-order valence-electron chi connectivity index (χ3n) is 4.21. The molecule has 1 aliphatic heterocycles.